The van der Waals surface area contributed by atoms with Crippen molar-refractivity contribution in [2.24, 2.45) is 5.92 Å². The van der Waals surface area contributed by atoms with Crippen LogP contribution in [0.4, 0.5) is 4.79 Å². The van der Waals surface area contributed by atoms with Crippen LogP contribution in [0, 0.1) is 5.92 Å². The summed E-state index contributed by atoms with van der Waals surface area (Å²) in [6, 6.07) is 20.0. The van der Waals surface area contributed by atoms with Gasteiger partial charge in [0.15, 0.2) is 0 Å². The monoisotopic (exact) mass is 477 g/mol. The summed E-state index contributed by atoms with van der Waals surface area (Å²) < 4.78 is 5.60. The van der Waals surface area contributed by atoms with E-state index in [0.29, 0.717) is 25.1 Å². The van der Waals surface area contributed by atoms with Gasteiger partial charge >= 0.3 is 6.09 Å². The van der Waals surface area contributed by atoms with Gasteiger partial charge in [0.25, 0.3) is 5.91 Å². The molecule has 6 heteroatoms. The summed E-state index contributed by atoms with van der Waals surface area (Å²) in [7, 11) is 1.95. The molecule has 2 aliphatic rings. The first-order valence-electron chi connectivity index (χ1n) is 13.1. The highest BCUT2D eigenvalue weighted by Gasteiger charge is 2.33. The molecule has 1 unspecified atom stereocenters. The van der Waals surface area contributed by atoms with Crippen LogP contribution in [0.3, 0.4) is 0 Å². The third-order valence-electron chi connectivity index (χ3n) is 7.70. The quantitative estimate of drug-likeness (QED) is 0.534. The molecule has 1 saturated heterocycles. The topological polar surface area (TPSA) is 53.1 Å². The van der Waals surface area contributed by atoms with Crippen molar-refractivity contribution in [2.45, 2.75) is 57.7 Å². The maximum atomic E-state index is 12.8. The number of benzene rings is 2. The largest absolute Gasteiger partial charge is 0.445 e. The van der Waals surface area contributed by atoms with E-state index in [1.54, 1.807) is 0 Å². The SMILES string of the molecule is CCN(C(=O)OCc1ccccc1)C1CCN(C[C@@H]2CCC(N(C)C(=O)c3ccccc3)C2)CC1. The van der Waals surface area contributed by atoms with E-state index < -0.39 is 0 Å². The number of likely N-dealkylation sites (tertiary alicyclic amines) is 1. The van der Waals surface area contributed by atoms with Crippen molar-refractivity contribution in [3.8, 4) is 0 Å². The van der Waals surface area contributed by atoms with E-state index in [0.717, 1.165) is 56.4 Å². The zero-order valence-corrected chi connectivity index (χ0v) is 21.1. The Balaban J connectivity index is 1.20. The normalized spacial score (nSPS) is 21.0. The van der Waals surface area contributed by atoms with E-state index in [1.165, 1.54) is 6.42 Å². The molecule has 0 aromatic heterocycles. The van der Waals surface area contributed by atoms with Crippen LogP contribution in [0.5, 0.6) is 0 Å². The molecule has 35 heavy (non-hydrogen) atoms. The van der Waals surface area contributed by atoms with E-state index in [-0.39, 0.29) is 18.0 Å². The molecule has 2 aromatic rings. The van der Waals surface area contributed by atoms with Crippen molar-refractivity contribution in [2.75, 3.05) is 33.2 Å². The van der Waals surface area contributed by atoms with Gasteiger partial charge in [-0.25, -0.2) is 4.79 Å². The van der Waals surface area contributed by atoms with Crippen LogP contribution in [0.25, 0.3) is 0 Å². The number of carbonyl (C=O) groups excluding carboxylic acids is 2. The van der Waals surface area contributed by atoms with Gasteiger partial charge in [-0.2, -0.15) is 0 Å². The van der Waals surface area contributed by atoms with Crippen LogP contribution in [0.1, 0.15) is 54.9 Å². The molecule has 0 bridgehead atoms. The fraction of sp³-hybridized carbons (Fsp3) is 0.517. The third-order valence-corrected chi connectivity index (χ3v) is 7.70. The van der Waals surface area contributed by atoms with Crippen LogP contribution in [0.2, 0.25) is 0 Å². The molecular formula is C29H39N3O3. The Morgan fingerprint density at radius 3 is 2.23 bits per heavy atom. The second kappa shape index (κ2) is 12.2. The Hall–Kier alpha value is -2.86. The lowest BCUT2D eigenvalue weighted by molar-refractivity contribution is 0.0599. The molecular weight excluding hydrogens is 438 g/mol. The van der Waals surface area contributed by atoms with Crippen molar-refractivity contribution < 1.29 is 14.3 Å². The van der Waals surface area contributed by atoms with Gasteiger partial charge in [0, 0.05) is 50.9 Å². The van der Waals surface area contributed by atoms with Crippen LogP contribution < -0.4 is 0 Å². The number of amides is 2. The minimum absolute atomic E-state index is 0.121. The summed E-state index contributed by atoms with van der Waals surface area (Å²) in [5.74, 6) is 0.747. The van der Waals surface area contributed by atoms with E-state index in [1.807, 2.05) is 84.4 Å². The summed E-state index contributed by atoms with van der Waals surface area (Å²) >= 11 is 0. The van der Waals surface area contributed by atoms with Gasteiger partial charge in [-0.1, -0.05) is 48.5 Å². The first kappa shape index (κ1) is 25.2. The Morgan fingerprint density at radius 1 is 0.914 bits per heavy atom. The highest BCUT2D eigenvalue weighted by Crippen LogP contribution is 2.31. The molecule has 0 N–H and O–H groups in total. The maximum Gasteiger partial charge on any atom is 0.410 e. The molecule has 2 atom stereocenters. The van der Waals surface area contributed by atoms with Gasteiger partial charge in [0.1, 0.15) is 6.61 Å². The summed E-state index contributed by atoms with van der Waals surface area (Å²) in [6.45, 7) is 6.12. The Bertz CT molecular complexity index is 944. The summed E-state index contributed by atoms with van der Waals surface area (Å²) in [6.07, 6.45) is 5.08. The minimum atomic E-state index is -0.209. The third kappa shape index (κ3) is 6.63. The van der Waals surface area contributed by atoms with Gasteiger partial charge in [0.05, 0.1) is 0 Å². The lowest BCUT2D eigenvalue weighted by atomic mass is 10.0. The number of nitrogens with zero attached hydrogens (tertiary/aromatic N) is 3. The van der Waals surface area contributed by atoms with E-state index in [9.17, 15) is 9.59 Å². The lowest BCUT2D eigenvalue weighted by Gasteiger charge is -2.38. The van der Waals surface area contributed by atoms with Gasteiger partial charge in [-0.15, -0.1) is 0 Å². The van der Waals surface area contributed by atoms with Crippen molar-refractivity contribution >= 4 is 12.0 Å². The second-order valence-corrected chi connectivity index (χ2v) is 9.97. The predicted molar refractivity (Wildman–Crippen MR) is 138 cm³/mol. The van der Waals surface area contributed by atoms with Crippen molar-refractivity contribution in [1.29, 1.82) is 0 Å². The predicted octanol–water partition coefficient (Wildman–Crippen LogP) is 5.05. The molecule has 6 nitrogen and oxygen atoms in total. The van der Waals surface area contributed by atoms with Gasteiger partial charge in [-0.05, 0) is 62.6 Å². The molecule has 1 saturated carbocycles. The number of piperidine rings is 1. The molecule has 0 radical (unpaired) electrons. The van der Waals surface area contributed by atoms with Crippen molar-refractivity contribution in [3.05, 3.63) is 71.8 Å². The Labute approximate surface area is 209 Å². The maximum absolute atomic E-state index is 12.8. The highest BCUT2D eigenvalue weighted by atomic mass is 16.6. The first-order valence-corrected chi connectivity index (χ1v) is 13.1. The molecule has 2 fully saturated rings. The molecule has 1 heterocycles. The molecule has 1 aliphatic carbocycles. The molecule has 0 spiro atoms. The first-order chi connectivity index (χ1) is 17.0. The average Bonchev–Trinajstić information content (AvgIpc) is 3.37. The summed E-state index contributed by atoms with van der Waals surface area (Å²) in [5, 5.41) is 0. The van der Waals surface area contributed by atoms with Crippen molar-refractivity contribution in [1.82, 2.24) is 14.7 Å². The smallest absolute Gasteiger partial charge is 0.410 e. The van der Waals surface area contributed by atoms with E-state index >= 15 is 0 Å². The number of hydrogen-bond acceptors (Lipinski definition) is 4. The number of rotatable bonds is 8. The average molecular weight is 478 g/mol. The number of hydrogen-bond donors (Lipinski definition) is 0. The fourth-order valence-corrected chi connectivity index (χ4v) is 5.63. The minimum Gasteiger partial charge on any atom is -0.445 e. The molecule has 4 rings (SSSR count). The lowest BCUT2D eigenvalue weighted by Crippen LogP contribution is -2.48. The second-order valence-electron chi connectivity index (χ2n) is 9.97. The summed E-state index contributed by atoms with van der Waals surface area (Å²) in [5.41, 5.74) is 1.78. The highest BCUT2D eigenvalue weighted by molar-refractivity contribution is 5.94. The van der Waals surface area contributed by atoms with Crippen LogP contribution in [0.15, 0.2) is 60.7 Å². The van der Waals surface area contributed by atoms with Gasteiger partial charge in [-0.3, -0.25) is 4.79 Å². The van der Waals surface area contributed by atoms with E-state index in [4.69, 9.17) is 4.74 Å². The zero-order chi connectivity index (χ0) is 24.6. The molecule has 2 aromatic carbocycles. The number of carbonyl (C=O) groups is 2. The summed E-state index contributed by atoms with van der Waals surface area (Å²) in [4.78, 5) is 31.9. The van der Waals surface area contributed by atoms with Crippen LogP contribution in [-0.2, 0) is 11.3 Å². The van der Waals surface area contributed by atoms with Crippen LogP contribution in [-0.4, -0.2) is 72.0 Å². The van der Waals surface area contributed by atoms with E-state index in [2.05, 4.69) is 4.90 Å². The fourth-order valence-electron chi connectivity index (χ4n) is 5.63. The Kier molecular flexibility index (Phi) is 8.80. The Morgan fingerprint density at radius 2 is 1.57 bits per heavy atom. The molecule has 188 valence electrons. The zero-order valence-electron chi connectivity index (χ0n) is 21.1. The molecule has 1 aliphatic heterocycles. The van der Waals surface area contributed by atoms with Gasteiger partial charge in [0.2, 0.25) is 0 Å². The number of ether oxygens (including phenoxy) is 1. The van der Waals surface area contributed by atoms with Crippen molar-refractivity contribution in [3.63, 3.8) is 0 Å². The van der Waals surface area contributed by atoms with Gasteiger partial charge < -0.3 is 19.4 Å². The van der Waals surface area contributed by atoms with Crippen LogP contribution >= 0.6 is 0 Å². The molecule has 2 amide bonds. The standard InChI is InChI=1S/C29H39N3O3/c1-3-32(29(34)35-22-23-10-6-4-7-11-23)26-16-18-31(19-17-26)21-24-14-15-27(20-24)30(2)28(33)25-12-8-5-9-13-25/h4-13,24,26-27H,3,14-22H2,1-2H3/t24-,27?/m1/s1.